The summed E-state index contributed by atoms with van der Waals surface area (Å²) in [5.41, 5.74) is 2.10. The number of benzene rings is 1. The van der Waals surface area contributed by atoms with E-state index in [0.717, 1.165) is 42.8 Å². The molecule has 1 aromatic rings. The third kappa shape index (κ3) is 3.39. The zero-order valence-electron chi connectivity index (χ0n) is 14.5. The molecule has 1 aromatic carbocycles. The molecule has 0 aromatic heterocycles. The van der Waals surface area contributed by atoms with E-state index in [2.05, 4.69) is 22.4 Å². The SMILES string of the molecule is COc1ccc(C2=CC(=O)N3C=C(N4CCNCC4)C=CC3P2)cc1Cl. The van der Waals surface area contributed by atoms with Gasteiger partial charge in [-0.1, -0.05) is 32.3 Å². The maximum atomic E-state index is 12.7. The summed E-state index contributed by atoms with van der Waals surface area (Å²) < 4.78 is 5.21. The lowest BCUT2D eigenvalue weighted by Crippen LogP contribution is -2.44. The lowest BCUT2D eigenvalue weighted by Gasteiger charge is -2.37. The molecule has 136 valence electrons. The van der Waals surface area contributed by atoms with Gasteiger partial charge in [0.25, 0.3) is 5.91 Å². The first-order valence-corrected chi connectivity index (χ1v) is 10.1. The Balaban J connectivity index is 1.57. The lowest BCUT2D eigenvalue weighted by atomic mass is 10.1. The van der Waals surface area contributed by atoms with E-state index in [9.17, 15) is 4.79 Å². The van der Waals surface area contributed by atoms with Crippen molar-refractivity contribution in [1.29, 1.82) is 0 Å². The van der Waals surface area contributed by atoms with Crippen molar-refractivity contribution in [1.82, 2.24) is 15.1 Å². The molecule has 3 aliphatic rings. The summed E-state index contributed by atoms with van der Waals surface area (Å²) in [5, 5.41) is 4.95. The van der Waals surface area contributed by atoms with Gasteiger partial charge in [0, 0.05) is 38.5 Å². The Labute approximate surface area is 160 Å². The summed E-state index contributed by atoms with van der Waals surface area (Å²) in [7, 11) is 2.08. The van der Waals surface area contributed by atoms with Crippen LogP contribution in [0, 0.1) is 0 Å². The third-order valence-electron chi connectivity index (χ3n) is 4.79. The van der Waals surface area contributed by atoms with Gasteiger partial charge >= 0.3 is 0 Å². The molecule has 1 fully saturated rings. The zero-order valence-corrected chi connectivity index (χ0v) is 16.3. The quantitative estimate of drug-likeness (QED) is 0.807. The van der Waals surface area contributed by atoms with Gasteiger partial charge in [-0.2, -0.15) is 0 Å². The summed E-state index contributed by atoms with van der Waals surface area (Å²) in [6, 6.07) is 5.68. The smallest absolute Gasteiger partial charge is 0.252 e. The van der Waals surface area contributed by atoms with Crippen LogP contribution in [0.2, 0.25) is 5.02 Å². The van der Waals surface area contributed by atoms with E-state index in [4.69, 9.17) is 16.3 Å². The highest BCUT2D eigenvalue weighted by atomic mass is 35.5. The molecule has 0 aliphatic carbocycles. The molecule has 7 heteroatoms. The molecule has 0 bridgehead atoms. The molecule has 0 saturated carbocycles. The van der Waals surface area contributed by atoms with E-state index >= 15 is 0 Å². The summed E-state index contributed by atoms with van der Waals surface area (Å²) in [4.78, 5) is 16.9. The molecule has 26 heavy (non-hydrogen) atoms. The summed E-state index contributed by atoms with van der Waals surface area (Å²) in [6.45, 7) is 3.90. The summed E-state index contributed by atoms with van der Waals surface area (Å²) in [6.07, 6.45) is 8.03. The zero-order chi connectivity index (χ0) is 18.1. The number of ether oxygens (including phenoxy) is 1. The predicted molar refractivity (Wildman–Crippen MR) is 107 cm³/mol. The second-order valence-electron chi connectivity index (χ2n) is 6.39. The average Bonchev–Trinajstić information content (AvgIpc) is 2.68. The highest BCUT2D eigenvalue weighted by molar-refractivity contribution is 7.51. The number of methoxy groups -OCH3 is 1. The van der Waals surface area contributed by atoms with Crippen molar-refractivity contribution in [3.8, 4) is 5.75 Å². The van der Waals surface area contributed by atoms with Crippen molar-refractivity contribution in [2.45, 2.75) is 5.78 Å². The first-order chi connectivity index (χ1) is 12.7. The molecule has 3 heterocycles. The molecule has 1 saturated heterocycles. The van der Waals surface area contributed by atoms with Crippen molar-refractivity contribution in [2.75, 3.05) is 33.3 Å². The fourth-order valence-electron chi connectivity index (χ4n) is 3.38. The van der Waals surface area contributed by atoms with Gasteiger partial charge < -0.3 is 19.9 Å². The summed E-state index contributed by atoms with van der Waals surface area (Å²) in [5.74, 6) is 0.743. The minimum atomic E-state index is 0.0210. The second kappa shape index (κ2) is 7.43. The molecular weight excluding hydrogens is 369 g/mol. The molecular formula is C19H21ClN3O2P. The monoisotopic (exact) mass is 389 g/mol. The van der Waals surface area contributed by atoms with Gasteiger partial charge in [-0.05, 0) is 29.1 Å². The van der Waals surface area contributed by atoms with Gasteiger partial charge in [-0.3, -0.25) is 4.79 Å². The third-order valence-corrected chi connectivity index (χ3v) is 6.60. The van der Waals surface area contributed by atoms with Crippen LogP contribution in [0.25, 0.3) is 5.31 Å². The van der Waals surface area contributed by atoms with Crippen molar-refractivity contribution in [3.63, 3.8) is 0 Å². The van der Waals surface area contributed by atoms with E-state index in [1.807, 2.05) is 29.3 Å². The number of hydrogen-bond donors (Lipinski definition) is 1. The average molecular weight is 390 g/mol. The Hall–Kier alpha value is -1.81. The number of amides is 1. The van der Waals surface area contributed by atoms with E-state index < -0.39 is 0 Å². The number of carbonyl (C=O) groups is 1. The number of fused-ring (bicyclic) bond motifs is 1. The van der Waals surface area contributed by atoms with E-state index in [-0.39, 0.29) is 11.7 Å². The normalized spacial score (nSPS) is 23.6. The maximum absolute atomic E-state index is 12.7. The minimum absolute atomic E-state index is 0.0210. The van der Waals surface area contributed by atoms with Crippen LogP contribution in [0.1, 0.15) is 5.56 Å². The van der Waals surface area contributed by atoms with Crippen LogP contribution in [0.15, 0.2) is 48.3 Å². The Morgan fingerprint density at radius 2 is 2.12 bits per heavy atom. The standard InChI is InChI=1S/C19H21ClN3O2P/c1-25-16-4-2-13(10-15(16)20)17-11-18(24)23-12-14(3-5-19(23)26-17)22-8-6-21-7-9-22/h2-5,10-12,19,21,26H,6-9H2,1H3. The first kappa shape index (κ1) is 17.6. The molecule has 0 radical (unpaired) electrons. The lowest BCUT2D eigenvalue weighted by molar-refractivity contribution is -0.123. The van der Waals surface area contributed by atoms with Crippen LogP contribution in [0.3, 0.4) is 0 Å². The Morgan fingerprint density at radius 3 is 2.85 bits per heavy atom. The van der Waals surface area contributed by atoms with Gasteiger partial charge in [-0.15, -0.1) is 0 Å². The number of hydrogen-bond acceptors (Lipinski definition) is 4. The van der Waals surface area contributed by atoms with E-state index in [0.29, 0.717) is 19.4 Å². The molecule has 3 aliphatic heterocycles. The molecule has 1 amide bonds. The van der Waals surface area contributed by atoms with Crippen LogP contribution in [0.4, 0.5) is 0 Å². The number of rotatable bonds is 3. The Morgan fingerprint density at radius 1 is 1.31 bits per heavy atom. The van der Waals surface area contributed by atoms with Gasteiger partial charge in [-0.25, -0.2) is 0 Å². The topological polar surface area (TPSA) is 44.8 Å². The number of nitrogens with one attached hydrogen (secondary N) is 1. The van der Waals surface area contributed by atoms with Crippen LogP contribution in [-0.4, -0.2) is 54.8 Å². The van der Waals surface area contributed by atoms with Crippen molar-refractivity contribution in [2.24, 2.45) is 0 Å². The molecule has 0 spiro atoms. The maximum Gasteiger partial charge on any atom is 0.252 e. The predicted octanol–water partition coefficient (Wildman–Crippen LogP) is 2.85. The summed E-state index contributed by atoms with van der Waals surface area (Å²) >= 11 is 6.25. The van der Waals surface area contributed by atoms with Gasteiger partial charge in [0.2, 0.25) is 0 Å². The highest BCUT2D eigenvalue weighted by Gasteiger charge is 2.29. The Bertz CT molecular complexity index is 815. The highest BCUT2D eigenvalue weighted by Crippen LogP contribution is 2.45. The number of carbonyl (C=O) groups excluding carboxylic acids is 1. The first-order valence-electron chi connectivity index (χ1n) is 8.66. The van der Waals surface area contributed by atoms with Crippen molar-refractivity contribution < 1.29 is 9.53 Å². The van der Waals surface area contributed by atoms with Crippen LogP contribution >= 0.6 is 20.2 Å². The Kier molecular flexibility index (Phi) is 5.03. The van der Waals surface area contributed by atoms with Crippen LogP contribution in [-0.2, 0) is 4.79 Å². The number of allylic oxidation sites excluding steroid dienone is 1. The fraction of sp³-hybridized carbons (Fsp3) is 0.316. The largest absolute Gasteiger partial charge is 0.495 e. The molecule has 2 unspecified atom stereocenters. The van der Waals surface area contributed by atoms with Gasteiger partial charge in [0.15, 0.2) is 0 Å². The molecule has 2 atom stereocenters. The number of halogens is 1. The molecule has 4 rings (SSSR count). The minimum Gasteiger partial charge on any atom is -0.495 e. The van der Waals surface area contributed by atoms with Crippen molar-refractivity contribution >= 4 is 31.4 Å². The van der Waals surface area contributed by atoms with Gasteiger partial charge in [0.05, 0.1) is 23.6 Å². The van der Waals surface area contributed by atoms with E-state index in [1.165, 1.54) is 0 Å². The van der Waals surface area contributed by atoms with E-state index in [1.54, 1.807) is 13.2 Å². The van der Waals surface area contributed by atoms with Crippen molar-refractivity contribution in [3.05, 3.63) is 58.9 Å². The van der Waals surface area contributed by atoms with Crippen LogP contribution < -0.4 is 10.1 Å². The van der Waals surface area contributed by atoms with Crippen LogP contribution in [0.5, 0.6) is 5.75 Å². The molecule has 5 nitrogen and oxygen atoms in total. The molecule has 1 N–H and O–H groups in total. The second-order valence-corrected chi connectivity index (χ2v) is 8.22. The fourth-order valence-corrected chi connectivity index (χ4v) is 5.01. The number of piperazine rings is 1. The van der Waals surface area contributed by atoms with Gasteiger partial charge in [0.1, 0.15) is 5.75 Å². The number of nitrogens with zero attached hydrogens (tertiary/aromatic N) is 2.